The van der Waals surface area contributed by atoms with Crippen molar-refractivity contribution in [3.8, 4) is 0 Å². The van der Waals surface area contributed by atoms with Gasteiger partial charge in [-0.05, 0) is 76.5 Å². The molecule has 0 aliphatic rings. The van der Waals surface area contributed by atoms with Crippen LogP contribution in [0.3, 0.4) is 0 Å². The molecule has 0 bridgehead atoms. The Balaban J connectivity index is 1.52. The standard InChI is InChI=1S/C30H32N6O/c1-4-28(29-32-33-34-36(29)19-24-13-9-6-10-14-24)35(18-23-11-7-5-8-12-23)20-26-17-25-15-21(2)22(3)16-27(25)31-30(26)37/h5-17,28H,4,18-20H2,1-3H3,(H,31,37)/t28-/m0/s1. The largest absolute Gasteiger partial charge is 0.322 e. The predicted molar refractivity (Wildman–Crippen MR) is 146 cm³/mol. The molecule has 7 heteroatoms. The van der Waals surface area contributed by atoms with Gasteiger partial charge in [0, 0.05) is 24.2 Å². The van der Waals surface area contributed by atoms with Crippen molar-refractivity contribution in [3.05, 3.63) is 123 Å². The molecule has 5 aromatic rings. The van der Waals surface area contributed by atoms with Crippen molar-refractivity contribution in [1.82, 2.24) is 30.1 Å². The third kappa shape index (κ3) is 5.52. The van der Waals surface area contributed by atoms with Crippen molar-refractivity contribution >= 4 is 10.9 Å². The molecule has 0 fully saturated rings. The topological polar surface area (TPSA) is 79.7 Å². The van der Waals surface area contributed by atoms with Crippen molar-refractivity contribution < 1.29 is 0 Å². The lowest BCUT2D eigenvalue weighted by Gasteiger charge is -2.30. The molecule has 0 radical (unpaired) electrons. The number of aromatic nitrogens is 5. The minimum atomic E-state index is -0.0752. The summed E-state index contributed by atoms with van der Waals surface area (Å²) in [5, 5.41) is 13.8. The molecule has 2 heterocycles. The number of fused-ring (bicyclic) bond motifs is 1. The average molecular weight is 493 g/mol. The normalized spacial score (nSPS) is 12.3. The second-order valence-corrected chi connectivity index (χ2v) is 9.64. The number of rotatable bonds is 9. The minimum Gasteiger partial charge on any atom is -0.322 e. The first-order valence-electron chi connectivity index (χ1n) is 12.7. The molecule has 0 aliphatic heterocycles. The highest BCUT2D eigenvalue weighted by Crippen LogP contribution is 2.27. The van der Waals surface area contributed by atoms with E-state index < -0.39 is 0 Å². The van der Waals surface area contributed by atoms with E-state index in [0.717, 1.165) is 39.8 Å². The van der Waals surface area contributed by atoms with E-state index in [0.29, 0.717) is 19.6 Å². The van der Waals surface area contributed by atoms with Gasteiger partial charge in [0.25, 0.3) is 5.56 Å². The fraction of sp³-hybridized carbons (Fsp3) is 0.267. The van der Waals surface area contributed by atoms with Gasteiger partial charge in [-0.1, -0.05) is 67.6 Å². The fourth-order valence-corrected chi connectivity index (χ4v) is 4.88. The first-order chi connectivity index (χ1) is 18.0. The fourth-order valence-electron chi connectivity index (χ4n) is 4.88. The molecule has 5 rings (SSSR count). The summed E-state index contributed by atoms with van der Waals surface area (Å²) in [7, 11) is 0. The third-order valence-electron chi connectivity index (χ3n) is 7.00. The van der Waals surface area contributed by atoms with Gasteiger partial charge in [-0.3, -0.25) is 9.69 Å². The zero-order valence-electron chi connectivity index (χ0n) is 21.6. The second-order valence-electron chi connectivity index (χ2n) is 9.64. The number of nitrogens with one attached hydrogen (secondary N) is 1. The first-order valence-corrected chi connectivity index (χ1v) is 12.7. The number of hydrogen-bond acceptors (Lipinski definition) is 5. The molecule has 1 atom stereocenters. The molecule has 37 heavy (non-hydrogen) atoms. The van der Waals surface area contributed by atoms with Crippen molar-refractivity contribution in [2.45, 2.75) is 52.9 Å². The van der Waals surface area contributed by atoms with Crippen LogP contribution < -0.4 is 5.56 Å². The number of hydrogen-bond donors (Lipinski definition) is 1. The Morgan fingerprint density at radius 3 is 2.27 bits per heavy atom. The van der Waals surface area contributed by atoms with E-state index in [4.69, 9.17) is 0 Å². The van der Waals surface area contributed by atoms with Crippen LogP contribution in [0.5, 0.6) is 0 Å². The molecule has 7 nitrogen and oxygen atoms in total. The predicted octanol–water partition coefficient (Wildman–Crippen LogP) is 5.33. The maximum absolute atomic E-state index is 13.2. The minimum absolute atomic E-state index is 0.0625. The molecule has 0 spiro atoms. The number of aryl methyl sites for hydroxylation is 2. The zero-order valence-corrected chi connectivity index (χ0v) is 21.6. The van der Waals surface area contributed by atoms with Crippen LogP contribution >= 0.6 is 0 Å². The molecular formula is C30H32N6O. The summed E-state index contributed by atoms with van der Waals surface area (Å²) in [5.74, 6) is 0.797. The third-order valence-corrected chi connectivity index (χ3v) is 7.00. The molecule has 2 aromatic heterocycles. The Hall–Kier alpha value is -4.10. The number of H-pyrrole nitrogens is 1. The maximum atomic E-state index is 13.2. The van der Waals surface area contributed by atoms with E-state index in [-0.39, 0.29) is 11.6 Å². The first kappa shape index (κ1) is 24.6. The highest BCUT2D eigenvalue weighted by atomic mass is 16.1. The molecule has 3 aromatic carbocycles. The number of tetrazole rings is 1. The van der Waals surface area contributed by atoms with Crippen LogP contribution in [0.2, 0.25) is 0 Å². The van der Waals surface area contributed by atoms with E-state index in [9.17, 15) is 4.79 Å². The Bertz CT molecular complexity index is 1540. The number of pyridine rings is 1. The van der Waals surface area contributed by atoms with Crippen LogP contribution in [-0.2, 0) is 19.6 Å². The summed E-state index contributed by atoms with van der Waals surface area (Å²) in [6.07, 6.45) is 0.797. The number of nitrogens with zero attached hydrogens (tertiary/aromatic N) is 5. The van der Waals surface area contributed by atoms with E-state index in [1.807, 2.05) is 53.2 Å². The van der Waals surface area contributed by atoms with E-state index in [1.165, 1.54) is 11.1 Å². The van der Waals surface area contributed by atoms with Gasteiger partial charge in [0.15, 0.2) is 5.82 Å². The lowest BCUT2D eigenvalue weighted by molar-refractivity contribution is 0.161. The van der Waals surface area contributed by atoms with E-state index >= 15 is 0 Å². The van der Waals surface area contributed by atoms with Gasteiger partial charge in [-0.15, -0.1) is 5.10 Å². The Morgan fingerprint density at radius 2 is 1.57 bits per heavy atom. The van der Waals surface area contributed by atoms with Gasteiger partial charge in [0.1, 0.15) is 0 Å². The second kappa shape index (κ2) is 10.9. The summed E-state index contributed by atoms with van der Waals surface area (Å²) in [4.78, 5) is 18.6. The number of aromatic amines is 1. The van der Waals surface area contributed by atoms with Crippen molar-refractivity contribution in [2.75, 3.05) is 0 Å². The smallest absolute Gasteiger partial charge is 0.252 e. The van der Waals surface area contributed by atoms with Crippen LogP contribution in [0.1, 0.15) is 53.0 Å². The number of benzene rings is 3. The van der Waals surface area contributed by atoms with E-state index in [1.54, 1.807) is 0 Å². The Kier molecular flexibility index (Phi) is 7.23. The Morgan fingerprint density at radius 1 is 0.892 bits per heavy atom. The van der Waals surface area contributed by atoms with Crippen LogP contribution in [0, 0.1) is 13.8 Å². The molecule has 0 saturated carbocycles. The monoisotopic (exact) mass is 492 g/mol. The molecular weight excluding hydrogens is 460 g/mol. The lowest BCUT2D eigenvalue weighted by atomic mass is 10.0. The van der Waals surface area contributed by atoms with Gasteiger partial charge in [0.2, 0.25) is 0 Å². The highest BCUT2D eigenvalue weighted by Gasteiger charge is 2.26. The summed E-state index contributed by atoms with van der Waals surface area (Å²) >= 11 is 0. The summed E-state index contributed by atoms with van der Waals surface area (Å²) < 4.78 is 1.87. The summed E-state index contributed by atoms with van der Waals surface area (Å²) in [6.45, 7) is 8.04. The van der Waals surface area contributed by atoms with Crippen molar-refractivity contribution in [1.29, 1.82) is 0 Å². The van der Waals surface area contributed by atoms with Gasteiger partial charge < -0.3 is 4.98 Å². The van der Waals surface area contributed by atoms with Gasteiger partial charge >= 0.3 is 0 Å². The quantitative estimate of drug-likeness (QED) is 0.301. The highest BCUT2D eigenvalue weighted by molar-refractivity contribution is 5.80. The van der Waals surface area contributed by atoms with Crippen LogP contribution in [0.25, 0.3) is 10.9 Å². The lowest BCUT2D eigenvalue weighted by Crippen LogP contribution is -2.32. The summed E-state index contributed by atoms with van der Waals surface area (Å²) in [5.41, 5.74) is 6.21. The van der Waals surface area contributed by atoms with Crippen molar-refractivity contribution in [2.24, 2.45) is 0 Å². The van der Waals surface area contributed by atoms with Crippen LogP contribution in [0.15, 0.2) is 83.7 Å². The van der Waals surface area contributed by atoms with Gasteiger partial charge in [-0.2, -0.15) is 0 Å². The molecule has 1 N–H and O–H groups in total. The summed E-state index contributed by atoms with van der Waals surface area (Å²) in [6, 6.07) is 26.7. The SMILES string of the molecule is CC[C@@H](c1nnnn1Cc1ccccc1)N(Cc1ccccc1)Cc1cc2cc(C)c(C)cc2[nH]c1=O. The molecule has 0 amide bonds. The van der Waals surface area contributed by atoms with E-state index in [2.05, 4.69) is 76.5 Å². The van der Waals surface area contributed by atoms with Gasteiger partial charge in [-0.25, -0.2) is 4.68 Å². The van der Waals surface area contributed by atoms with Gasteiger partial charge in [0.05, 0.1) is 12.6 Å². The maximum Gasteiger partial charge on any atom is 0.252 e. The van der Waals surface area contributed by atoms with Crippen molar-refractivity contribution in [3.63, 3.8) is 0 Å². The molecule has 0 unspecified atom stereocenters. The molecule has 0 saturated heterocycles. The zero-order chi connectivity index (χ0) is 25.8. The van der Waals surface area contributed by atoms with Crippen LogP contribution in [0.4, 0.5) is 0 Å². The van der Waals surface area contributed by atoms with Crippen LogP contribution in [-0.4, -0.2) is 30.1 Å². The average Bonchev–Trinajstić information content (AvgIpc) is 3.35. The Labute approximate surface area is 216 Å². The molecule has 188 valence electrons. The molecule has 0 aliphatic carbocycles.